The van der Waals surface area contributed by atoms with Gasteiger partial charge in [-0.15, -0.1) is 11.3 Å². The number of fused-ring (bicyclic) bond motifs is 1. The van der Waals surface area contributed by atoms with Crippen LogP contribution in [-0.4, -0.2) is 18.6 Å². The first kappa shape index (κ1) is 11.7. The maximum Gasteiger partial charge on any atom is 0.0907 e. The fraction of sp³-hybridized carbons (Fsp3) is 0.333. The van der Waals surface area contributed by atoms with Crippen molar-refractivity contribution >= 4 is 32.9 Å². The third kappa shape index (κ3) is 2.32. The molecule has 5 heteroatoms. The lowest BCUT2D eigenvalue weighted by Gasteiger charge is -2.19. The van der Waals surface area contributed by atoms with Crippen molar-refractivity contribution in [2.75, 3.05) is 24.2 Å². The molecule has 1 aromatic heterocycles. The van der Waals surface area contributed by atoms with Crippen LogP contribution in [0.25, 0.3) is 10.2 Å². The minimum absolute atomic E-state index is 0.490. The van der Waals surface area contributed by atoms with E-state index >= 15 is 0 Å². The molecule has 0 spiro atoms. The maximum atomic E-state index is 8.59. The lowest BCUT2D eigenvalue weighted by Crippen LogP contribution is -2.19. The van der Waals surface area contributed by atoms with E-state index in [0.29, 0.717) is 13.0 Å². The van der Waals surface area contributed by atoms with Gasteiger partial charge >= 0.3 is 0 Å². The van der Waals surface area contributed by atoms with Crippen molar-refractivity contribution in [2.45, 2.75) is 13.3 Å². The minimum Gasteiger partial charge on any atom is -0.397 e. The highest BCUT2D eigenvalue weighted by atomic mass is 32.1. The van der Waals surface area contributed by atoms with Crippen molar-refractivity contribution in [1.29, 1.82) is 5.26 Å². The second-order valence-electron chi connectivity index (χ2n) is 3.94. The van der Waals surface area contributed by atoms with E-state index in [0.717, 1.165) is 26.6 Å². The van der Waals surface area contributed by atoms with Crippen molar-refractivity contribution in [2.24, 2.45) is 0 Å². The van der Waals surface area contributed by atoms with Gasteiger partial charge in [0.15, 0.2) is 0 Å². The van der Waals surface area contributed by atoms with Crippen LogP contribution in [0, 0.1) is 18.3 Å². The summed E-state index contributed by atoms with van der Waals surface area (Å²) in [4.78, 5) is 6.44. The lowest BCUT2D eigenvalue weighted by atomic mass is 10.2. The zero-order chi connectivity index (χ0) is 12.4. The predicted molar refractivity (Wildman–Crippen MR) is 72.3 cm³/mol. The fourth-order valence-corrected chi connectivity index (χ4v) is 2.62. The molecule has 17 heavy (non-hydrogen) atoms. The van der Waals surface area contributed by atoms with Crippen LogP contribution < -0.4 is 10.6 Å². The molecule has 0 saturated carbocycles. The molecule has 0 bridgehead atoms. The van der Waals surface area contributed by atoms with Crippen LogP contribution in [0.2, 0.25) is 0 Å². The molecule has 0 atom stereocenters. The van der Waals surface area contributed by atoms with Crippen LogP contribution in [0.4, 0.5) is 11.4 Å². The Morgan fingerprint density at radius 1 is 1.53 bits per heavy atom. The topological polar surface area (TPSA) is 65.9 Å². The molecule has 0 aliphatic heterocycles. The van der Waals surface area contributed by atoms with Gasteiger partial charge < -0.3 is 10.6 Å². The SMILES string of the molecule is Cc1nc2cc(N(C)CCC#N)c(N)cc2s1. The van der Waals surface area contributed by atoms with Crippen molar-refractivity contribution in [3.63, 3.8) is 0 Å². The van der Waals surface area contributed by atoms with Gasteiger partial charge in [-0.1, -0.05) is 0 Å². The van der Waals surface area contributed by atoms with Crippen LogP contribution in [0.15, 0.2) is 12.1 Å². The Labute approximate surface area is 104 Å². The van der Waals surface area contributed by atoms with Gasteiger partial charge in [0.1, 0.15) is 0 Å². The molecule has 0 radical (unpaired) electrons. The molecular formula is C12H14N4S. The Hall–Kier alpha value is -1.80. The average Bonchev–Trinajstić information content (AvgIpc) is 2.64. The first-order valence-corrected chi connectivity index (χ1v) is 6.18. The maximum absolute atomic E-state index is 8.59. The molecule has 0 amide bonds. The number of nitrogens with zero attached hydrogens (tertiary/aromatic N) is 3. The van der Waals surface area contributed by atoms with E-state index in [1.165, 1.54) is 0 Å². The van der Waals surface area contributed by atoms with E-state index in [2.05, 4.69) is 11.1 Å². The highest BCUT2D eigenvalue weighted by Crippen LogP contribution is 2.31. The van der Waals surface area contributed by atoms with E-state index in [1.54, 1.807) is 11.3 Å². The number of rotatable bonds is 3. The highest BCUT2D eigenvalue weighted by molar-refractivity contribution is 7.18. The molecular weight excluding hydrogens is 232 g/mol. The largest absolute Gasteiger partial charge is 0.397 e. The van der Waals surface area contributed by atoms with Crippen molar-refractivity contribution in [3.05, 3.63) is 17.1 Å². The van der Waals surface area contributed by atoms with Gasteiger partial charge in [-0.3, -0.25) is 0 Å². The highest BCUT2D eigenvalue weighted by Gasteiger charge is 2.09. The zero-order valence-corrected chi connectivity index (χ0v) is 10.7. The van der Waals surface area contributed by atoms with Gasteiger partial charge in [-0.25, -0.2) is 4.98 Å². The summed E-state index contributed by atoms with van der Waals surface area (Å²) in [5.74, 6) is 0. The Kier molecular flexibility index (Phi) is 3.16. The second-order valence-corrected chi connectivity index (χ2v) is 5.18. The quantitative estimate of drug-likeness (QED) is 0.845. The van der Waals surface area contributed by atoms with E-state index < -0.39 is 0 Å². The molecule has 1 aromatic carbocycles. The van der Waals surface area contributed by atoms with Crippen LogP contribution in [-0.2, 0) is 0 Å². The standard InChI is InChI=1S/C12H14N4S/c1-8-15-10-7-11(16(2)5-3-4-13)9(14)6-12(10)17-8/h6-7H,3,5,14H2,1-2H3. The fourth-order valence-electron chi connectivity index (χ4n) is 1.76. The van der Waals surface area contributed by atoms with E-state index in [9.17, 15) is 0 Å². The van der Waals surface area contributed by atoms with Crippen molar-refractivity contribution in [3.8, 4) is 6.07 Å². The normalized spacial score (nSPS) is 10.4. The summed E-state index contributed by atoms with van der Waals surface area (Å²) in [6.45, 7) is 2.66. The molecule has 0 saturated heterocycles. The van der Waals surface area contributed by atoms with Gasteiger partial charge in [0.25, 0.3) is 0 Å². The second kappa shape index (κ2) is 4.60. The Balaban J connectivity index is 2.40. The van der Waals surface area contributed by atoms with Crippen LogP contribution in [0.1, 0.15) is 11.4 Å². The van der Waals surface area contributed by atoms with Crippen molar-refractivity contribution < 1.29 is 0 Å². The number of benzene rings is 1. The summed E-state index contributed by atoms with van der Waals surface area (Å²) in [7, 11) is 1.94. The minimum atomic E-state index is 0.490. The molecule has 0 unspecified atom stereocenters. The lowest BCUT2D eigenvalue weighted by molar-refractivity contribution is 0.907. The van der Waals surface area contributed by atoms with E-state index in [1.807, 2.05) is 31.0 Å². The smallest absolute Gasteiger partial charge is 0.0907 e. The van der Waals surface area contributed by atoms with Crippen molar-refractivity contribution in [1.82, 2.24) is 4.98 Å². The molecule has 0 aliphatic rings. The number of thiazole rings is 1. The number of hydrogen-bond acceptors (Lipinski definition) is 5. The predicted octanol–water partition coefficient (Wildman–Crippen LogP) is 2.54. The van der Waals surface area contributed by atoms with E-state index in [4.69, 9.17) is 11.0 Å². The van der Waals surface area contributed by atoms with Gasteiger partial charge in [0.2, 0.25) is 0 Å². The summed E-state index contributed by atoms with van der Waals surface area (Å²) in [5, 5.41) is 9.63. The number of nitrogens with two attached hydrogens (primary N) is 1. The Morgan fingerprint density at radius 3 is 3.00 bits per heavy atom. The van der Waals surface area contributed by atoms with Gasteiger partial charge in [-0.2, -0.15) is 5.26 Å². The third-order valence-corrected chi connectivity index (χ3v) is 3.55. The van der Waals surface area contributed by atoms with Gasteiger partial charge in [0, 0.05) is 13.6 Å². The summed E-state index contributed by atoms with van der Waals surface area (Å²) in [5.41, 5.74) is 8.68. The number of hydrogen-bond donors (Lipinski definition) is 1. The average molecular weight is 246 g/mol. The van der Waals surface area contributed by atoms with Crippen LogP contribution in [0.3, 0.4) is 0 Å². The van der Waals surface area contributed by atoms with Gasteiger partial charge in [-0.05, 0) is 19.1 Å². The van der Waals surface area contributed by atoms with Crippen LogP contribution >= 0.6 is 11.3 Å². The number of anilines is 2. The summed E-state index contributed by atoms with van der Waals surface area (Å²) in [6, 6.07) is 6.08. The molecule has 0 fully saturated rings. The Morgan fingerprint density at radius 2 is 2.29 bits per heavy atom. The van der Waals surface area contributed by atoms with E-state index in [-0.39, 0.29) is 0 Å². The molecule has 88 valence electrons. The monoisotopic (exact) mass is 246 g/mol. The number of nitriles is 1. The number of aromatic nitrogens is 1. The third-order valence-electron chi connectivity index (χ3n) is 2.61. The molecule has 1 heterocycles. The first-order valence-electron chi connectivity index (χ1n) is 5.36. The Bertz CT molecular complexity index is 582. The zero-order valence-electron chi connectivity index (χ0n) is 9.90. The molecule has 2 aromatic rings. The molecule has 4 nitrogen and oxygen atoms in total. The molecule has 2 rings (SSSR count). The van der Waals surface area contributed by atoms with Crippen LogP contribution in [0.5, 0.6) is 0 Å². The number of nitrogen functional groups attached to an aromatic ring is 1. The molecule has 2 N–H and O–H groups in total. The van der Waals surface area contributed by atoms with Gasteiger partial charge in [0.05, 0.1) is 39.1 Å². The summed E-state index contributed by atoms with van der Waals surface area (Å²) < 4.78 is 1.11. The molecule has 0 aliphatic carbocycles. The summed E-state index contributed by atoms with van der Waals surface area (Å²) >= 11 is 1.64. The summed E-state index contributed by atoms with van der Waals surface area (Å²) in [6.07, 6.45) is 0.490. The first-order chi connectivity index (χ1) is 8.11. The number of aryl methyl sites for hydroxylation is 1.